The van der Waals surface area contributed by atoms with Gasteiger partial charge in [-0.1, -0.05) is 25.0 Å². The molecule has 1 saturated heterocycles. The van der Waals surface area contributed by atoms with Gasteiger partial charge in [-0.15, -0.1) is 0 Å². The number of hydrogen-bond acceptors (Lipinski definition) is 2. The molecule has 0 aromatic heterocycles. The summed E-state index contributed by atoms with van der Waals surface area (Å²) in [6.45, 7) is 3.43. The highest BCUT2D eigenvalue weighted by Gasteiger charge is 2.39. The van der Waals surface area contributed by atoms with Gasteiger partial charge in [-0.05, 0) is 50.6 Å². The molecule has 0 amide bonds. The van der Waals surface area contributed by atoms with Gasteiger partial charge in [0.1, 0.15) is 11.4 Å². The third-order valence-electron chi connectivity index (χ3n) is 4.23. The molecule has 20 heavy (non-hydrogen) atoms. The van der Waals surface area contributed by atoms with Crippen LogP contribution in [0.4, 0.5) is 4.39 Å². The summed E-state index contributed by atoms with van der Waals surface area (Å²) in [4.78, 5) is 13.9. The summed E-state index contributed by atoms with van der Waals surface area (Å²) in [5, 5.41) is 9.68. The van der Waals surface area contributed by atoms with Crippen LogP contribution in [-0.2, 0) is 11.2 Å². The zero-order chi connectivity index (χ0) is 14.6. The van der Waals surface area contributed by atoms with Gasteiger partial charge >= 0.3 is 5.97 Å². The van der Waals surface area contributed by atoms with Crippen molar-refractivity contribution < 1.29 is 14.3 Å². The molecule has 110 valence electrons. The quantitative estimate of drug-likeness (QED) is 0.920. The second kappa shape index (κ2) is 6.35. The van der Waals surface area contributed by atoms with Gasteiger partial charge in [0.2, 0.25) is 0 Å². The lowest BCUT2D eigenvalue weighted by Crippen LogP contribution is -2.54. The second-order valence-corrected chi connectivity index (χ2v) is 5.78. The highest BCUT2D eigenvalue weighted by molar-refractivity contribution is 5.78. The molecule has 0 saturated carbocycles. The molecule has 1 unspecified atom stereocenters. The Morgan fingerprint density at radius 1 is 1.20 bits per heavy atom. The Labute approximate surface area is 119 Å². The summed E-state index contributed by atoms with van der Waals surface area (Å²) < 4.78 is 13.0. The summed E-state index contributed by atoms with van der Waals surface area (Å²) >= 11 is 0. The van der Waals surface area contributed by atoms with Gasteiger partial charge in [0, 0.05) is 6.42 Å². The Bertz CT molecular complexity index is 452. The fourth-order valence-electron chi connectivity index (χ4n) is 2.89. The minimum Gasteiger partial charge on any atom is -0.480 e. The monoisotopic (exact) mass is 279 g/mol. The summed E-state index contributed by atoms with van der Waals surface area (Å²) in [5.41, 5.74) is -0.0529. The lowest BCUT2D eigenvalue weighted by Gasteiger charge is -2.37. The van der Waals surface area contributed by atoms with Crippen LogP contribution >= 0.6 is 0 Å². The van der Waals surface area contributed by atoms with E-state index in [1.165, 1.54) is 25.0 Å². The van der Waals surface area contributed by atoms with Crippen LogP contribution in [0.15, 0.2) is 24.3 Å². The van der Waals surface area contributed by atoms with Crippen LogP contribution in [-0.4, -0.2) is 34.6 Å². The molecule has 2 rings (SSSR count). The van der Waals surface area contributed by atoms with Crippen molar-refractivity contribution in [2.75, 3.05) is 13.1 Å². The molecular formula is C16H22FNO2. The first-order chi connectivity index (χ1) is 9.52. The molecular weight excluding hydrogens is 257 g/mol. The number of rotatable bonds is 4. The van der Waals surface area contributed by atoms with Crippen LogP contribution in [0.2, 0.25) is 0 Å². The molecule has 0 radical (unpaired) electrons. The summed E-state index contributed by atoms with van der Waals surface area (Å²) in [6.07, 6.45) is 4.84. The van der Waals surface area contributed by atoms with Crippen molar-refractivity contribution in [3.05, 3.63) is 35.6 Å². The van der Waals surface area contributed by atoms with Crippen molar-refractivity contribution in [2.45, 2.75) is 44.6 Å². The van der Waals surface area contributed by atoms with Gasteiger partial charge in [-0.25, -0.2) is 4.39 Å². The van der Waals surface area contributed by atoms with Crippen molar-refractivity contribution >= 4 is 5.97 Å². The fraction of sp³-hybridized carbons (Fsp3) is 0.562. The lowest BCUT2D eigenvalue weighted by molar-refractivity contribution is -0.150. The van der Waals surface area contributed by atoms with Gasteiger partial charge in [0.15, 0.2) is 0 Å². The smallest absolute Gasteiger partial charge is 0.324 e. The van der Waals surface area contributed by atoms with Crippen molar-refractivity contribution in [2.24, 2.45) is 0 Å². The Hall–Kier alpha value is -1.42. The minimum absolute atomic E-state index is 0.291. The van der Waals surface area contributed by atoms with Gasteiger partial charge in [0.05, 0.1) is 0 Å². The summed E-state index contributed by atoms with van der Waals surface area (Å²) in [5.74, 6) is -1.09. The van der Waals surface area contributed by atoms with E-state index >= 15 is 0 Å². The number of carbonyl (C=O) groups is 1. The van der Waals surface area contributed by atoms with Crippen molar-refractivity contribution in [1.82, 2.24) is 4.90 Å². The van der Waals surface area contributed by atoms with Crippen LogP contribution in [0.1, 0.15) is 38.2 Å². The van der Waals surface area contributed by atoms with E-state index in [1.807, 2.05) is 0 Å². The van der Waals surface area contributed by atoms with E-state index in [4.69, 9.17) is 0 Å². The Morgan fingerprint density at radius 3 is 2.25 bits per heavy atom. The van der Waals surface area contributed by atoms with E-state index in [9.17, 15) is 14.3 Å². The lowest BCUT2D eigenvalue weighted by atomic mass is 9.90. The number of nitrogens with zero attached hydrogens (tertiary/aromatic N) is 1. The van der Waals surface area contributed by atoms with E-state index in [0.717, 1.165) is 31.5 Å². The molecule has 0 bridgehead atoms. The number of carboxylic acids is 1. The maximum absolute atomic E-state index is 13.0. The Morgan fingerprint density at radius 2 is 1.75 bits per heavy atom. The van der Waals surface area contributed by atoms with Gasteiger partial charge in [0.25, 0.3) is 0 Å². The molecule has 1 atom stereocenters. The summed E-state index contributed by atoms with van der Waals surface area (Å²) in [6, 6.07) is 6.13. The predicted octanol–water partition coefficient (Wildman–Crippen LogP) is 3.09. The van der Waals surface area contributed by atoms with Crippen molar-refractivity contribution in [3.63, 3.8) is 0 Å². The van der Waals surface area contributed by atoms with Crippen LogP contribution in [0.3, 0.4) is 0 Å². The topological polar surface area (TPSA) is 40.5 Å². The largest absolute Gasteiger partial charge is 0.480 e. The highest BCUT2D eigenvalue weighted by Crippen LogP contribution is 2.25. The third kappa shape index (κ3) is 3.37. The van der Waals surface area contributed by atoms with Crippen LogP contribution in [0.5, 0.6) is 0 Å². The first-order valence-electron chi connectivity index (χ1n) is 7.25. The first-order valence-corrected chi connectivity index (χ1v) is 7.25. The number of aliphatic carboxylic acids is 1. The van der Waals surface area contributed by atoms with E-state index in [-0.39, 0.29) is 5.82 Å². The molecule has 1 fully saturated rings. The fourth-order valence-corrected chi connectivity index (χ4v) is 2.89. The second-order valence-electron chi connectivity index (χ2n) is 5.78. The van der Waals surface area contributed by atoms with Crippen molar-refractivity contribution in [3.8, 4) is 0 Å². The Kier molecular flexibility index (Phi) is 4.76. The average molecular weight is 279 g/mol. The van der Waals surface area contributed by atoms with Gasteiger partial charge < -0.3 is 5.11 Å². The number of likely N-dealkylation sites (tertiary alicyclic amines) is 1. The zero-order valence-electron chi connectivity index (χ0n) is 11.9. The van der Waals surface area contributed by atoms with E-state index in [2.05, 4.69) is 4.90 Å². The molecule has 1 aliphatic rings. The molecule has 1 aromatic carbocycles. The van der Waals surface area contributed by atoms with Gasteiger partial charge in [-0.2, -0.15) is 0 Å². The maximum Gasteiger partial charge on any atom is 0.324 e. The van der Waals surface area contributed by atoms with Crippen LogP contribution < -0.4 is 0 Å². The van der Waals surface area contributed by atoms with Crippen LogP contribution in [0.25, 0.3) is 0 Å². The number of benzene rings is 1. The summed E-state index contributed by atoms with van der Waals surface area (Å²) in [7, 11) is 0. The molecule has 1 aromatic rings. The molecule has 0 spiro atoms. The number of halogens is 1. The third-order valence-corrected chi connectivity index (χ3v) is 4.23. The molecule has 1 aliphatic heterocycles. The molecule has 4 heteroatoms. The Balaban J connectivity index is 2.19. The molecule has 3 nitrogen and oxygen atoms in total. The van der Waals surface area contributed by atoms with E-state index < -0.39 is 11.5 Å². The number of carboxylic acid groups (broad SMARTS) is 1. The molecule has 1 N–H and O–H groups in total. The first kappa shape index (κ1) is 15.0. The maximum atomic E-state index is 13.0. The predicted molar refractivity (Wildman–Crippen MR) is 76.2 cm³/mol. The average Bonchev–Trinajstić information content (AvgIpc) is 2.70. The van der Waals surface area contributed by atoms with Crippen LogP contribution in [0, 0.1) is 5.82 Å². The van der Waals surface area contributed by atoms with E-state index in [1.54, 1.807) is 19.1 Å². The highest BCUT2D eigenvalue weighted by atomic mass is 19.1. The normalized spacial score (nSPS) is 20.1. The SMILES string of the molecule is CC(Cc1ccc(F)cc1)(C(=O)O)N1CCCCCC1. The molecule has 0 aliphatic carbocycles. The zero-order valence-corrected chi connectivity index (χ0v) is 11.9. The standard InChI is InChI=1S/C16H22FNO2/c1-16(15(19)20,18-10-4-2-3-5-11-18)12-13-6-8-14(17)9-7-13/h6-9H,2-5,10-12H2,1H3,(H,19,20). The minimum atomic E-state index is -0.915. The van der Waals surface area contributed by atoms with Gasteiger partial charge in [-0.3, -0.25) is 9.69 Å². The van der Waals surface area contributed by atoms with E-state index in [0.29, 0.717) is 6.42 Å². The molecule has 1 heterocycles. The number of hydrogen-bond donors (Lipinski definition) is 1. The van der Waals surface area contributed by atoms with Crippen molar-refractivity contribution in [1.29, 1.82) is 0 Å².